The smallest absolute Gasteiger partial charge is 0.326 e. The van der Waals surface area contributed by atoms with Gasteiger partial charge in [0.05, 0.1) is 23.1 Å². The van der Waals surface area contributed by atoms with Crippen molar-refractivity contribution in [3.63, 3.8) is 0 Å². The number of carboxylic acid groups (broad SMARTS) is 1. The zero-order chi connectivity index (χ0) is 20.3. The molecule has 2 heterocycles. The fraction of sp³-hybridized carbons (Fsp3) is 0.474. The average Bonchev–Trinajstić information content (AvgIpc) is 3.24. The van der Waals surface area contributed by atoms with Crippen LogP contribution in [0, 0.1) is 0 Å². The summed E-state index contributed by atoms with van der Waals surface area (Å²) in [6, 6.07) is 4.78. The second-order valence-electron chi connectivity index (χ2n) is 6.60. The number of aliphatic carboxylic acids is 1. The molecule has 2 N–H and O–H groups in total. The second-order valence-corrected chi connectivity index (χ2v) is 7.84. The number of esters is 1. The maximum absolute atomic E-state index is 12.5. The fourth-order valence-corrected chi connectivity index (χ4v) is 4.68. The van der Waals surface area contributed by atoms with Crippen molar-refractivity contribution < 1.29 is 29.0 Å². The van der Waals surface area contributed by atoms with Gasteiger partial charge in [-0.3, -0.25) is 24.6 Å². The third-order valence-electron chi connectivity index (χ3n) is 4.79. The van der Waals surface area contributed by atoms with Crippen LogP contribution in [0.25, 0.3) is 0 Å². The average molecular weight is 406 g/mol. The highest BCUT2D eigenvalue weighted by molar-refractivity contribution is 8.00. The van der Waals surface area contributed by atoms with Crippen LogP contribution in [0.3, 0.4) is 0 Å². The minimum Gasteiger partial charge on any atom is -0.480 e. The number of carbonyl (C=O) groups excluding carboxylic acids is 3. The van der Waals surface area contributed by atoms with Gasteiger partial charge in [-0.25, -0.2) is 4.79 Å². The number of hydrogen-bond acceptors (Lipinski definition) is 7. The molecule has 0 saturated carbocycles. The summed E-state index contributed by atoms with van der Waals surface area (Å²) in [5.41, 5.74) is 0.480. The molecule has 1 fully saturated rings. The number of amides is 2. The summed E-state index contributed by atoms with van der Waals surface area (Å²) in [6.45, 7) is 2.08. The van der Waals surface area contributed by atoms with Crippen molar-refractivity contribution in [1.29, 1.82) is 0 Å². The normalized spacial score (nSPS) is 22.2. The predicted octanol–water partition coefficient (Wildman–Crippen LogP) is 1.50. The van der Waals surface area contributed by atoms with Gasteiger partial charge in [-0.2, -0.15) is 0 Å². The van der Waals surface area contributed by atoms with Gasteiger partial charge >= 0.3 is 11.9 Å². The van der Waals surface area contributed by atoms with E-state index in [0.717, 1.165) is 4.90 Å². The van der Waals surface area contributed by atoms with Crippen molar-refractivity contribution in [2.24, 2.45) is 0 Å². The number of carboxylic acids is 1. The number of benzene rings is 1. The van der Waals surface area contributed by atoms with Crippen LogP contribution in [0.4, 0.5) is 0 Å². The summed E-state index contributed by atoms with van der Waals surface area (Å²) >= 11 is 1.58. The summed E-state index contributed by atoms with van der Waals surface area (Å²) in [6.07, 6.45) is 1.27. The van der Waals surface area contributed by atoms with E-state index in [4.69, 9.17) is 4.74 Å². The number of fused-ring (bicyclic) bond motifs is 1. The van der Waals surface area contributed by atoms with Crippen LogP contribution >= 0.6 is 11.8 Å². The van der Waals surface area contributed by atoms with Crippen molar-refractivity contribution in [3.8, 4) is 0 Å². The second kappa shape index (κ2) is 8.74. The molecular formula is C19H22N2O6S. The van der Waals surface area contributed by atoms with Crippen molar-refractivity contribution in [3.05, 3.63) is 35.4 Å². The van der Waals surface area contributed by atoms with E-state index in [-0.39, 0.29) is 34.9 Å². The number of nitrogens with zero attached hydrogens (tertiary/aromatic N) is 1. The van der Waals surface area contributed by atoms with Crippen LogP contribution < -0.4 is 5.32 Å². The van der Waals surface area contributed by atoms with Crippen molar-refractivity contribution in [2.45, 2.75) is 43.6 Å². The number of nitrogens with one attached hydrogen (secondary N) is 1. The Kier molecular flexibility index (Phi) is 6.35. The van der Waals surface area contributed by atoms with Gasteiger partial charge < -0.3 is 9.84 Å². The molecule has 1 unspecified atom stereocenters. The van der Waals surface area contributed by atoms with Gasteiger partial charge in [0.15, 0.2) is 0 Å². The topological polar surface area (TPSA) is 113 Å². The summed E-state index contributed by atoms with van der Waals surface area (Å²) in [7, 11) is 0. The Morgan fingerprint density at radius 2 is 1.93 bits per heavy atom. The van der Waals surface area contributed by atoms with Crippen molar-refractivity contribution in [1.82, 2.24) is 10.2 Å². The molecule has 1 saturated heterocycles. The molecule has 0 spiro atoms. The Morgan fingerprint density at radius 1 is 1.29 bits per heavy atom. The van der Waals surface area contributed by atoms with Crippen LogP contribution in [0.15, 0.2) is 24.3 Å². The number of hydrogen-bond donors (Lipinski definition) is 2. The first-order valence-corrected chi connectivity index (χ1v) is 10.2. The molecule has 0 aromatic heterocycles. The van der Waals surface area contributed by atoms with Gasteiger partial charge in [-0.15, -0.1) is 11.8 Å². The molecule has 2 aliphatic heterocycles. The lowest BCUT2D eigenvalue weighted by Crippen LogP contribution is -2.45. The molecule has 150 valence electrons. The first-order valence-electron chi connectivity index (χ1n) is 9.18. The standard InChI is InChI=1S/C19H22N2O6S/c1-2-27-19(26)13-10-28-15(20-13)9-5-8-14(18(24)25)21-16(22)11-6-3-4-7-12(11)17(21)23/h3-4,6-7,13-15,20H,2,5,8-10H2,1H3,(H,24,25)/t13-,14-,15?/m0/s1. The lowest BCUT2D eigenvalue weighted by Gasteiger charge is -2.23. The molecule has 3 rings (SSSR count). The van der Waals surface area contributed by atoms with E-state index in [1.165, 1.54) is 12.1 Å². The summed E-state index contributed by atoms with van der Waals surface area (Å²) in [4.78, 5) is 49.4. The monoisotopic (exact) mass is 406 g/mol. The highest BCUT2D eigenvalue weighted by atomic mass is 32.2. The minimum atomic E-state index is -1.21. The predicted molar refractivity (Wildman–Crippen MR) is 102 cm³/mol. The maximum Gasteiger partial charge on any atom is 0.326 e. The van der Waals surface area contributed by atoms with Gasteiger partial charge in [0.25, 0.3) is 11.8 Å². The van der Waals surface area contributed by atoms with E-state index < -0.39 is 23.8 Å². The molecule has 0 bridgehead atoms. The number of carbonyl (C=O) groups is 4. The molecule has 2 amide bonds. The van der Waals surface area contributed by atoms with E-state index in [1.807, 2.05) is 0 Å². The Hall–Kier alpha value is -2.39. The minimum absolute atomic E-state index is 0.00558. The molecule has 28 heavy (non-hydrogen) atoms. The first kappa shape index (κ1) is 20.3. The number of ether oxygens (including phenoxy) is 1. The third kappa shape index (κ3) is 4.05. The molecule has 1 aromatic rings. The number of rotatable bonds is 8. The molecule has 3 atom stereocenters. The SMILES string of the molecule is CCOC(=O)[C@@H]1CSC(CCC[C@@H](C(=O)O)N2C(=O)c3ccccc3C2=O)N1. The lowest BCUT2D eigenvalue weighted by atomic mass is 10.1. The van der Waals surface area contributed by atoms with Gasteiger partial charge in [0, 0.05) is 5.75 Å². The van der Waals surface area contributed by atoms with Gasteiger partial charge in [-0.1, -0.05) is 12.1 Å². The molecule has 0 radical (unpaired) electrons. The molecule has 0 aliphatic carbocycles. The zero-order valence-corrected chi connectivity index (χ0v) is 16.2. The van der Waals surface area contributed by atoms with E-state index in [2.05, 4.69) is 5.32 Å². The molecule has 2 aliphatic rings. The van der Waals surface area contributed by atoms with E-state index in [1.54, 1.807) is 30.8 Å². The van der Waals surface area contributed by atoms with Crippen LogP contribution in [0.1, 0.15) is 46.9 Å². The largest absolute Gasteiger partial charge is 0.480 e. The van der Waals surface area contributed by atoms with E-state index in [0.29, 0.717) is 25.2 Å². The maximum atomic E-state index is 12.5. The fourth-order valence-electron chi connectivity index (χ4n) is 3.43. The Morgan fingerprint density at radius 3 is 2.50 bits per heavy atom. The Balaban J connectivity index is 1.57. The highest BCUT2D eigenvalue weighted by Crippen LogP contribution is 2.28. The van der Waals surface area contributed by atoms with Crippen LogP contribution in [-0.2, 0) is 14.3 Å². The van der Waals surface area contributed by atoms with Gasteiger partial charge in [0.1, 0.15) is 12.1 Å². The van der Waals surface area contributed by atoms with Crippen molar-refractivity contribution >= 4 is 35.5 Å². The molecule has 8 nitrogen and oxygen atoms in total. The van der Waals surface area contributed by atoms with E-state index >= 15 is 0 Å². The first-order chi connectivity index (χ1) is 13.4. The van der Waals surface area contributed by atoms with Gasteiger partial charge in [-0.05, 0) is 38.3 Å². The number of imide groups is 1. The molecule has 9 heteroatoms. The van der Waals surface area contributed by atoms with E-state index in [9.17, 15) is 24.3 Å². The summed E-state index contributed by atoms with van der Waals surface area (Å²) in [5, 5.41) is 12.8. The zero-order valence-electron chi connectivity index (χ0n) is 15.4. The summed E-state index contributed by atoms with van der Waals surface area (Å²) < 4.78 is 5.00. The van der Waals surface area contributed by atoms with Crippen LogP contribution in [0.2, 0.25) is 0 Å². The highest BCUT2D eigenvalue weighted by Gasteiger charge is 2.42. The summed E-state index contributed by atoms with van der Waals surface area (Å²) in [5.74, 6) is -2.02. The molecular weight excluding hydrogens is 384 g/mol. The Labute approximate surface area is 166 Å². The van der Waals surface area contributed by atoms with Crippen molar-refractivity contribution in [2.75, 3.05) is 12.4 Å². The quantitative estimate of drug-likeness (QED) is 0.493. The van der Waals surface area contributed by atoms with Crippen LogP contribution in [-0.4, -0.2) is 63.6 Å². The van der Waals surface area contributed by atoms with Gasteiger partial charge in [0.2, 0.25) is 0 Å². The lowest BCUT2D eigenvalue weighted by molar-refractivity contribution is -0.145. The third-order valence-corrected chi connectivity index (χ3v) is 6.09. The number of thioether (sulfide) groups is 1. The van der Waals surface area contributed by atoms with Crippen LogP contribution in [0.5, 0.6) is 0 Å². The molecule has 1 aromatic carbocycles. The Bertz CT molecular complexity index is 763.